The average molecular weight is 351 g/mol. The van der Waals surface area contributed by atoms with E-state index in [1.165, 1.54) is 11.3 Å². The van der Waals surface area contributed by atoms with E-state index >= 15 is 0 Å². The summed E-state index contributed by atoms with van der Waals surface area (Å²) in [5, 5.41) is 1.96. The van der Waals surface area contributed by atoms with Gasteiger partial charge in [0.05, 0.1) is 17.7 Å². The maximum absolute atomic E-state index is 12.3. The van der Waals surface area contributed by atoms with Crippen LogP contribution >= 0.6 is 11.3 Å². The highest BCUT2D eigenvalue weighted by Gasteiger charge is 2.10. The van der Waals surface area contributed by atoms with Crippen LogP contribution in [0, 0.1) is 13.8 Å². The molecule has 0 saturated carbocycles. The molecule has 1 amide bonds. The van der Waals surface area contributed by atoms with Gasteiger partial charge in [0.1, 0.15) is 0 Å². The quantitative estimate of drug-likeness (QED) is 0.646. The van der Waals surface area contributed by atoms with Gasteiger partial charge in [0.25, 0.3) is 0 Å². The lowest BCUT2D eigenvalue weighted by Crippen LogP contribution is -2.24. The number of aryl methyl sites for hydroxylation is 1. The average Bonchev–Trinajstić information content (AvgIpc) is 3.21. The number of hydrogen-bond donors (Lipinski definition) is 0. The van der Waals surface area contributed by atoms with Crippen molar-refractivity contribution in [2.24, 2.45) is 0 Å². The Morgan fingerprint density at radius 3 is 2.72 bits per heavy atom. The molecule has 0 unspecified atom stereocenters. The van der Waals surface area contributed by atoms with Gasteiger partial charge < -0.3 is 9.47 Å². The van der Waals surface area contributed by atoms with Crippen LogP contribution in [0.3, 0.4) is 0 Å². The third-order valence-electron chi connectivity index (χ3n) is 4.15. The maximum Gasteiger partial charge on any atom is 0.246 e. The molecule has 0 aliphatic carbocycles. The van der Waals surface area contributed by atoms with Crippen LogP contribution in [0.15, 0.2) is 53.4 Å². The van der Waals surface area contributed by atoms with Gasteiger partial charge in [-0.3, -0.25) is 4.79 Å². The molecule has 25 heavy (non-hydrogen) atoms. The number of para-hydroxylation sites is 1. The zero-order valence-electron chi connectivity index (χ0n) is 14.6. The zero-order chi connectivity index (χ0) is 17.8. The van der Waals surface area contributed by atoms with E-state index < -0.39 is 0 Å². The number of likely N-dealkylation sites (N-methyl/N-ethyl adjacent to an activating group) is 1. The van der Waals surface area contributed by atoms with E-state index in [-0.39, 0.29) is 5.91 Å². The molecule has 0 spiro atoms. The van der Waals surface area contributed by atoms with Crippen LogP contribution in [-0.4, -0.2) is 27.4 Å². The van der Waals surface area contributed by atoms with E-state index in [4.69, 9.17) is 0 Å². The minimum atomic E-state index is -0.0301. The van der Waals surface area contributed by atoms with Gasteiger partial charge in [0, 0.05) is 35.6 Å². The van der Waals surface area contributed by atoms with Gasteiger partial charge in [-0.1, -0.05) is 18.2 Å². The first-order valence-electron chi connectivity index (χ1n) is 8.11. The highest BCUT2D eigenvalue weighted by atomic mass is 32.1. The van der Waals surface area contributed by atoms with E-state index in [2.05, 4.69) is 41.6 Å². The molecule has 0 fully saturated rings. The molecule has 0 N–H and O–H groups in total. The van der Waals surface area contributed by atoms with Crippen molar-refractivity contribution in [3.8, 4) is 5.69 Å². The lowest BCUT2D eigenvalue weighted by molar-refractivity contribution is -0.125. The Hall–Kier alpha value is -2.66. The topological polar surface area (TPSA) is 38.1 Å². The van der Waals surface area contributed by atoms with E-state index in [1.807, 2.05) is 29.7 Å². The van der Waals surface area contributed by atoms with Crippen molar-refractivity contribution in [3.05, 3.63) is 76.0 Å². The van der Waals surface area contributed by atoms with E-state index in [9.17, 15) is 4.79 Å². The second-order valence-electron chi connectivity index (χ2n) is 6.00. The second-order valence-corrected chi connectivity index (χ2v) is 6.72. The molecule has 5 heteroatoms. The van der Waals surface area contributed by atoms with E-state index in [0.717, 1.165) is 28.3 Å². The van der Waals surface area contributed by atoms with Gasteiger partial charge in [-0.2, -0.15) is 0 Å². The molecule has 0 saturated heterocycles. The van der Waals surface area contributed by atoms with Crippen molar-refractivity contribution in [3.63, 3.8) is 0 Å². The lowest BCUT2D eigenvalue weighted by Gasteiger charge is -2.13. The number of rotatable bonds is 5. The normalized spacial score (nSPS) is 11.2. The number of thiazole rings is 1. The minimum absolute atomic E-state index is 0.0301. The van der Waals surface area contributed by atoms with E-state index in [0.29, 0.717) is 6.54 Å². The molecular formula is C20H21N3OS. The standard InChI is InChI=1S/C20H21N3OS/c1-15-11-17(16(2)23(15)19-7-5-4-6-8-19)9-10-20(24)22(3)12-18-13-25-14-21-18/h4-11,13-14H,12H2,1-3H3/b10-9+. The number of carbonyl (C=O) groups excluding carboxylic acids is 1. The highest BCUT2D eigenvalue weighted by molar-refractivity contribution is 7.07. The van der Waals surface area contributed by atoms with Crippen molar-refractivity contribution in [1.82, 2.24) is 14.5 Å². The Morgan fingerprint density at radius 2 is 2.04 bits per heavy atom. The van der Waals surface area contributed by atoms with Gasteiger partial charge in [0.2, 0.25) is 5.91 Å². The largest absolute Gasteiger partial charge is 0.336 e. The predicted molar refractivity (Wildman–Crippen MR) is 103 cm³/mol. The number of hydrogen-bond acceptors (Lipinski definition) is 3. The maximum atomic E-state index is 12.3. The van der Waals surface area contributed by atoms with Crippen LogP contribution in [-0.2, 0) is 11.3 Å². The molecule has 0 aliphatic rings. The third-order valence-corrected chi connectivity index (χ3v) is 4.78. The molecule has 0 bridgehead atoms. The summed E-state index contributed by atoms with van der Waals surface area (Å²) in [5.74, 6) is -0.0301. The van der Waals surface area contributed by atoms with Crippen LogP contribution in [0.25, 0.3) is 11.8 Å². The Balaban J connectivity index is 1.76. The summed E-state index contributed by atoms with van der Waals surface area (Å²) in [6, 6.07) is 12.3. The lowest BCUT2D eigenvalue weighted by atomic mass is 10.2. The Bertz CT molecular complexity index is 879. The molecule has 0 atom stereocenters. The van der Waals surface area contributed by atoms with Crippen LogP contribution in [0.2, 0.25) is 0 Å². The first-order chi connectivity index (χ1) is 12.1. The molecule has 2 heterocycles. The van der Waals surface area contributed by atoms with Crippen LogP contribution < -0.4 is 0 Å². The molecule has 3 rings (SSSR count). The molecule has 1 aromatic carbocycles. The monoisotopic (exact) mass is 351 g/mol. The highest BCUT2D eigenvalue weighted by Crippen LogP contribution is 2.21. The number of benzene rings is 1. The molecule has 0 aliphatic heterocycles. The minimum Gasteiger partial charge on any atom is -0.336 e. The van der Waals surface area contributed by atoms with Crippen LogP contribution in [0.5, 0.6) is 0 Å². The summed E-state index contributed by atoms with van der Waals surface area (Å²) in [7, 11) is 1.79. The fourth-order valence-corrected chi connectivity index (χ4v) is 3.41. The first kappa shape index (κ1) is 17.2. The summed E-state index contributed by atoms with van der Waals surface area (Å²) in [5.41, 5.74) is 7.14. The van der Waals surface area contributed by atoms with Crippen molar-refractivity contribution in [2.45, 2.75) is 20.4 Å². The van der Waals surface area contributed by atoms with Gasteiger partial charge in [-0.15, -0.1) is 11.3 Å². The summed E-state index contributed by atoms with van der Waals surface area (Å²) < 4.78 is 2.20. The predicted octanol–water partition coefficient (Wildman–Crippen LogP) is 4.22. The fraction of sp³-hybridized carbons (Fsp3) is 0.200. The van der Waals surface area contributed by atoms with Crippen molar-refractivity contribution in [2.75, 3.05) is 7.05 Å². The summed E-state index contributed by atoms with van der Waals surface area (Å²) in [6.07, 6.45) is 3.52. The third kappa shape index (κ3) is 3.88. The molecular weight excluding hydrogens is 330 g/mol. The van der Waals surface area contributed by atoms with Gasteiger partial charge in [0.15, 0.2) is 0 Å². The zero-order valence-corrected chi connectivity index (χ0v) is 15.5. The first-order valence-corrected chi connectivity index (χ1v) is 9.05. The second kappa shape index (κ2) is 7.49. The Kier molecular flexibility index (Phi) is 5.14. The van der Waals surface area contributed by atoms with Gasteiger partial charge >= 0.3 is 0 Å². The van der Waals surface area contributed by atoms with Crippen molar-refractivity contribution >= 4 is 23.3 Å². The van der Waals surface area contributed by atoms with Crippen LogP contribution in [0.1, 0.15) is 22.6 Å². The van der Waals surface area contributed by atoms with E-state index in [1.54, 1.807) is 23.5 Å². The molecule has 3 aromatic rings. The molecule has 0 radical (unpaired) electrons. The molecule has 2 aromatic heterocycles. The SMILES string of the molecule is Cc1cc(/C=C/C(=O)N(C)Cc2cscn2)c(C)n1-c1ccccc1. The van der Waals surface area contributed by atoms with Crippen molar-refractivity contribution < 1.29 is 4.79 Å². The number of nitrogens with zero attached hydrogens (tertiary/aromatic N) is 3. The Morgan fingerprint density at radius 1 is 1.28 bits per heavy atom. The summed E-state index contributed by atoms with van der Waals surface area (Å²) in [6.45, 7) is 4.67. The number of carbonyl (C=O) groups is 1. The fourth-order valence-electron chi connectivity index (χ4n) is 2.86. The van der Waals surface area contributed by atoms with Crippen LogP contribution in [0.4, 0.5) is 0 Å². The van der Waals surface area contributed by atoms with Gasteiger partial charge in [-0.25, -0.2) is 4.98 Å². The summed E-state index contributed by atoms with van der Waals surface area (Å²) in [4.78, 5) is 18.2. The number of amides is 1. The molecule has 4 nitrogen and oxygen atoms in total. The molecule has 128 valence electrons. The smallest absolute Gasteiger partial charge is 0.246 e. The van der Waals surface area contributed by atoms with Crippen molar-refractivity contribution in [1.29, 1.82) is 0 Å². The van der Waals surface area contributed by atoms with Gasteiger partial charge in [-0.05, 0) is 43.7 Å². The Labute approximate surface area is 152 Å². The number of aromatic nitrogens is 2. The summed E-state index contributed by atoms with van der Waals surface area (Å²) >= 11 is 1.54.